The van der Waals surface area contributed by atoms with Crippen molar-refractivity contribution >= 4 is 55.0 Å². The first-order valence-electron chi connectivity index (χ1n) is 13.4. The number of carbonyl (C=O) groups excluding carboxylic acids is 1. The zero-order chi connectivity index (χ0) is 32.9. The molecule has 16 heteroatoms. The Balaban J connectivity index is 0.00000148. The molecule has 2 aromatic heterocycles. The number of sulfonamides is 1. The zero-order valence-corrected chi connectivity index (χ0v) is 25.7. The van der Waals surface area contributed by atoms with Gasteiger partial charge in [-0.05, 0) is 11.5 Å². The van der Waals surface area contributed by atoms with Gasteiger partial charge in [0, 0.05) is 56.8 Å². The maximum atomic E-state index is 16.3. The number of nitriles is 1. The minimum Gasteiger partial charge on any atom is -0.462 e. The fourth-order valence-corrected chi connectivity index (χ4v) is 5.41. The third-order valence-corrected chi connectivity index (χ3v) is 7.73. The van der Waals surface area contributed by atoms with E-state index in [9.17, 15) is 22.0 Å². The van der Waals surface area contributed by atoms with Gasteiger partial charge in [0.25, 0.3) is 5.91 Å². The molecule has 236 valence electrons. The maximum absolute atomic E-state index is 16.3. The van der Waals surface area contributed by atoms with Crippen LogP contribution in [-0.4, -0.2) is 79.8 Å². The van der Waals surface area contributed by atoms with Crippen LogP contribution in [0.2, 0.25) is 5.02 Å². The molecule has 3 heterocycles. The average molecular weight is 662 g/mol. The number of amides is 1. The molecule has 1 aliphatic rings. The monoisotopic (exact) mass is 661 g/mol. The molecular formula is C29H27ClF3N7O4S. The molecule has 1 aliphatic heterocycles. The number of aromatic nitrogens is 3. The summed E-state index contributed by atoms with van der Waals surface area (Å²) >= 11 is 6.28. The topological polar surface area (TPSA) is 141 Å². The molecule has 0 bridgehead atoms. The number of piperazine rings is 1. The van der Waals surface area contributed by atoms with Crippen LogP contribution in [-0.2, 0) is 14.8 Å². The minimum absolute atomic E-state index is 0.0897. The molecule has 0 atom stereocenters. The molecule has 0 saturated carbocycles. The summed E-state index contributed by atoms with van der Waals surface area (Å²) in [6.45, 7) is 4.98. The van der Waals surface area contributed by atoms with Gasteiger partial charge >= 0.3 is 6.01 Å². The van der Waals surface area contributed by atoms with Gasteiger partial charge in [-0.1, -0.05) is 42.4 Å². The highest BCUT2D eigenvalue weighted by Crippen LogP contribution is 2.38. The van der Waals surface area contributed by atoms with Gasteiger partial charge in [0.1, 0.15) is 29.5 Å². The van der Waals surface area contributed by atoms with Crippen molar-refractivity contribution in [1.82, 2.24) is 24.6 Å². The summed E-state index contributed by atoms with van der Waals surface area (Å²) in [4.78, 5) is 28.1. The smallest absolute Gasteiger partial charge is 0.319 e. The Labute approximate surface area is 261 Å². The Morgan fingerprint density at radius 1 is 1.18 bits per heavy atom. The highest BCUT2D eigenvalue weighted by Gasteiger charge is 2.27. The maximum Gasteiger partial charge on any atom is 0.319 e. The SMILES string of the molecule is C=C(F)C(=O)N1CCN(c2nc(OCCNS(C)(=O)=O)nc3c(F)c(-c4cccc5ccc(F)c(Cl)c45)ncc23)CC1.CC#N. The van der Waals surface area contributed by atoms with Crippen molar-refractivity contribution in [3.8, 4) is 23.3 Å². The molecule has 0 unspecified atom stereocenters. The summed E-state index contributed by atoms with van der Waals surface area (Å²) in [5, 5.41) is 8.22. The minimum atomic E-state index is -3.47. The number of nitrogens with one attached hydrogen (secondary N) is 1. The van der Waals surface area contributed by atoms with E-state index in [0.29, 0.717) is 5.39 Å². The summed E-state index contributed by atoms with van der Waals surface area (Å²) < 4.78 is 74.7. The predicted octanol–water partition coefficient (Wildman–Crippen LogP) is 4.37. The predicted molar refractivity (Wildman–Crippen MR) is 164 cm³/mol. The normalized spacial score (nSPS) is 13.3. The van der Waals surface area contributed by atoms with Gasteiger partial charge in [0.05, 0.1) is 22.7 Å². The van der Waals surface area contributed by atoms with Crippen LogP contribution >= 0.6 is 11.6 Å². The summed E-state index contributed by atoms with van der Waals surface area (Å²) in [5.74, 6) is -3.15. The lowest BCUT2D eigenvalue weighted by Crippen LogP contribution is -2.49. The van der Waals surface area contributed by atoms with Crippen molar-refractivity contribution in [2.24, 2.45) is 0 Å². The number of benzene rings is 2. The molecule has 0 aliphatic carbocycles. The Morgan fingerprint density at radius 2 is 1.87 bits per heavy atom. The van der Waals surface area contributed by atoms with E-state index in [1.807, 2.05) is 0 Å². The number of anilines is 1. The Kier molecular flexibility index (Phi) is 10.4. The lowest BCUT2D eigenvalue weighted by molar-refractivity contribution is -0.128. The second-order valence-corrected chi connectivity index (χ2v) is 11.9. The first kappa shape index (κ1) is 33.4. The first-order chi connectivity index (χ1) is 21.4. The summed E-state index contributed by atoms with van der Waals surface area (Å²) in [6, 6.07) is 9.20. The summed E-state index contributed by atoms with van der Waals surface area (Å²) in [5.41, 5.74) is -0.0435. The first-order valence-corrected chi connectivity index (χ1v) is 15.6. The third-order valence-electron chi connectivity index (χ3n) is 6.63. The van der Waals surface area contributed by atoms with Crippen LogP contribution in [0.1, 0.15) is 6.92 Å². The number of pyridine rings is 1. The van der Waals surface area contributed by atoms with E-state index in [1.165, 1.54) is 30.2 Å². The Hall–Kier alpha value is -4.52. The van der Waals surface area contributed by atoms with Crippen LogP contribution in [0.5, 0.6) is 6.01 Å². The van der Waals surface area contributed by atoms with Gasteiger partial charge in [-0.3, -0.25) is 9.78 Å². The van der Waals surface area contributed by atoms with Crippen molar-refractivity contribution in [1.29, 1.82) is 5.26 Å². The summed E-state index contributed by atoms with van der Waals surface area (Å²) in [6.07, 6.45) is 2.38. The van der Waals surface area contributed by atoms with Crippen LogP contribution in [0, 0.1) is 23.0 Å². The van der Waals surface area contributed by atoms with Gasteiger partial charge in [-0.25, -0.2) is 26.3 Å². The van der Waals surface area contributed by atoms with E-state index in [0.717, 1.165) is 6.26 Å². The molecule has 2 aromatic carbocycles. The number of halogens is 4. The number of rotatable bonds is 8. The number of hydrogen-bond acceptors (Lipinski definition) is 9. The van der Waals surface area contributed by atoms with Gasteiger partial charge in [0.2, 0.25) is 10.0 Å². The van der Waals surface area contributed by atoms with Crippen molar-refractivity contribution in [2.45, 2.75) is 6.92 Å². The number of hydrogen-bond donors (Lipinski definition) is 1. The fraction of sp³-hybridized carbons (Fsp3) is 0.276. The number of nitrogens with zero attached hydrogens (tertiary/aromatic N) is 6. The molecule has 1 saturated heterocycles. The molecule has 0 radical (unpaired) electrons. The lowest BCUT2D eigenvalue weighted by Gasteiger charge is -2.35. The van der Waals surface area contributed by atoms with E-state index in [2.05, 4.69) is 26.3 Å². The van der Waals surface area contributed by atoms with Gasteiger partial charge in [0.15, 0.2) is 11.6 Å². The molecule has 0 spiro atoms. The van der Waals surface area contributed by atoms with Crippen LogP contribution in [0.4, 0.5) is 19.0 Å². The van der Waals surface area contributed by atoms with E-state index in [4.69, 9.17) is 21.6 Å². The molecule has 1 fully saturated rings. The second kappa shape index (κ2) is 14.1. The fourth-order valence-electron chi connectivity index (χ4n) is 4.68. The molecule has 5 rings (SSSR count). The van der Waals surface area contributed by atoms with E-state index in [-0.39, 0.29) is 83.7 Å². The molecule has 1 N–H and O–H groups in total. The Bertz CT molecular complexity index is 1930. The summed E-state index contributed by atoms with van der Waals surface area (Å²) in [7, 11) is -3.47. The largest absolute Gasteiger partial charge is 0.462 e. The standard InChI is InChI=1S/C27H24ClF3N6O4S.C2H3N/c1-15(29)26(38)37-11-9-36(10-12-37)25-18-14-32-23(17-5-3-4-16-6-7-19(30)21(28)20(16)17)22(31)24(18)34-27(35-25)41-13-8-33-42(2,39)40;1-2-3/h3-7,14,33H,1,8-13H2,2H3;1H3. The average Bonchev–Trinajstić information content (AvgIpc) is 3.00. The quantitative estimate of drug-likeness (QED) is 0.215. The van der Waals surface area contributed by atoms with Gasteiger partial charge in [-0.15, -0.1) is 0 Å². The van der Waals surface area contributed by atoms with E-state index in [1.54, 1.807) is 29.2 Å². The van der Waals surface area contributed by atoms with Crippen molar-refractivity contribution in [2.75, 3.05) is 50.5 Å². The van der Waals surface area contributed by atoms with Crippen molar-refractivity contribution < 1.29 is 31.1 Å². The highest BCUT2D eigenvalue weighted by atomic mass is 35.5. The Morgan fingerprint density at radius 3 is 2.51 bits per heavy atom. The van der Waals surface area contributed by atoms with Gasteiger partial charge < -0.3 is 14.5 Å². The number of ether oxygens (including phenoxy) is 1. The van der Waals surface area contributed by atoms with E-state index >= 15 is 4.39 Å². The van der Waals surface area contributed by atoms with Gasteiger partial charge in [-0.2, -0.15) is 15.2 Å². The molecule has 11 nitrogen and oxygen atoms in total. The van der Waals surface area contributed by atoms with Crippen LogP contribution in [0.15, 0.2) is 48.9 Å². The molecule has 45 heavy (non-hydrogen) atoms. The second-order valence-electron chi connectivity index (χ2n) is 9.70. The van der Waals surface area contributed by atoms with E-state index < -0.39 is 33.4 Å². The van der Waals surface area contributed by atoms with Crippen LogP contribution in [0.3, 0.4) is 0 Å². The van der Waals surface area contributed by atoms with Crippen molar-refractivity contribution in [3.63, 3.8) is 0 Å². The highest BCUT2D eigenvalue weighted by molar-refractivity contribution is 7.88. The third kappa shape index (κ3) is 7.59. The zero-order valence-electron chi connectivity index (χ0n) is 24.2. The van der Waals surface area contributed by atoms with Crippen molar-refractivity contribution in [3.05, 3.63) is 65.6 Å². The molecule has 4 aromatic rings. The number of fused-ring (bicyclic) bond motifs is 2. The van der Waals surface area contributed by atoms with Crippen LogP contribution in [0.25, 0.3) is 32.9 Å². The molecule has 1 amide bonds. The molecular weight excluding hydrogens is 635 g/mol. The van der Waals surface area contributed by atoms with Crippen LogP contribution < -0.4 is 14.4 Å². The number of carbonyl (C=O) groups is 1. The lowest BCUT2D eigenvalue weighted by atomic mass is 10.0.